The van der Waals surface area contributed by atoms with Gasteiger partial charge < -0.3 is 10.1 Å². The predicted octanol–water partition coefficient (Wildman–Crippen LogP) is 5.44. The van der Waals surface area contributed by atoms with Gasteiger partial charge in [0, 0.05) is 37.1 Å². The Balaban J connectivity index is 1.44. The first kappa shape index (κ1) is 19.8. The second-order valence-electron chi connectivity index (χ2n) is 8.36. The van der Waals surface area contributed by atoms with Gasteiger partial charge in [-0.15, -0.1) is 0 Å². The monoisotopic (exact) mass is 412 g/mol. The van der Waals surface area contributed by atoms with Gasteiger partial charge in [0.25, 0.3) is 0 Å². The normalized spacial score (nSPS) is 18.2. The van der Waals surface area contributed by atoms with Gasteiger partial charge in [0.1, 0.15) is 5.75 Å². The Bertz CT molecular complexity index is 1060. The van der Waals surface area contributed by atoms with E-state index in [2.05, 4.69) is 51.6 Å². The van der Waals surface area contributed by atoms with E-state index in [-0.39, 0.29) is 0 Å². The van der Waals surface area contributed by atoms with Gasteiger partial charge in [0.2, 0.25) is 5.95 Å². The SMILES string of the molecule is C1=C/CN(CC2CC2)Cc2cccc(c2)Nc2nccc(n2)-c2cccc(c2)OCC/1. The molecule has 1 saturated carbocycles. The minimum Gasteiger partial charge on any atom is -0.493 e. The van der Waals surface area contributed by atoms with Crippen LogP contribution in [0.15, 0.2) is 72.9 Å². The van der Waals surface area contributed by atoms with E-state index < -0.39 is 0 Å². The van der Waals surface area contributed by atoms with Crippen LogP contribution in [-0.4, -0.2) is 34.6 Å². The maximum absolute atomic E-state index is 5.97. The highest BCUT2D eigenvalue weighted by Gasteiger charge is 2.23. The Labute approximate surface area is 183 Å². The Hall–Kier alpha value is -3.18. The first-order chi connectivity index (χ1) is 15.3. The molecule has 3 aromatic rings. The van der Waals surface area contributed by atoms with Crippen LogP contribution in [0.2, 0.25) is 0 Å². The van der Waals surface area contributed by atoms with Crippen LogP contribution in [0.5, 0.6) is 5.75 Å². The van der Waals surface area contributed by atoms with Crippen molar-refractivity contribution in [3.8, 4) is 17.0 Å². The van der Waals surface area contributed by atoms with Gasteiger partial charge in [-0.1, -0.05) is 36.4 Å². The van der Waals surface area contributed by atoms with Crippen molar-refractivity contribution in [2.75, 3.05) is 25.0 Å². The number of hydrogen-bond acceptors (Lipinski definition) is 5. The van der Waals surface area contributed by atoms with Gasteiger partial charge >= 0.3 is 0 Å². The van der Waals surface area contributed by atoms with Gasteiger partial charge in [0.15, 0.2) is 0 Å². The third-order valence-electron chi connectivity index (χ3n) is 5.67. The quantitative estimate of drug-likeness (QED) is 0.568. The number of rotatable bonds is 2. The Morgan fingerprint density at radius 3 is 2.90 bits per heavy atom. The Kier molecular flexibility index (Phi) is 5.94. The fourth-order valence-corrected chi connectivity index (χ4v) is 3.92. The van der Waals surface area contributed by atoms with Gasteiger partial charge in [-0.3, -0.25) is 4.90 Å². The van der Waals surface area contributed by atoms with E-state index in [0.29, 0.717) is 12.6 Å². The van der Waals surface area contributed by atoms with E-state index in [9.17, 15) is 0 Å². The fourth-order valence-electron chi connectivity index (χ4n) is 3.92. The van der Waals surface area contributed by atoms with Crippen LogP contribution in [-0.2, 0) is 6.54 Å². The van der Waals surface area contributed by atoms with E-state index in [1.807, 2.05) is 30.3 Å². The molecule has 2 aliphatic rings. The minimum atomic E-state index is 0.597. The maximum atomic E-state index is 5.97. The average molecular weight is 413 g/mol. The molecule has 0 amide bonds. The second kappa shape index (κ2) is 9.31. The Morgan fingerprint density at radius 1 is 1.03 bits per heavy atom. The number of benzene rings is 2. The molecule has 1 aromatic heterocycles. The molecule has 0 spiro atoms. The van der Waals surface area contributed by atoms with Crippen LogP contribution in [0.4, 0.5) is 11.6 Å². The zero-order valence-corrected chi connectivity index (χ0v) is 17.7. The molecule has 31 heavy (non-hydrogen) atoms. The lowest BCUT2D eigenvalue weighted by Crippen LogP contribution is -2.25. The molecule has 1 aliphatic carbocycles. The molecule has 2 heterocycles. The highest BCUT2D eigenvalue weighted by atomic mass is 16.5. The van der Waals surface area contributed by atoms with Crippen LogP contribution in [0.25, 0.3) is 11.3 Å². The summed E-state index contributed by atoms with van der Waals surface area (Å²) in [4.78, 5) is 11.7. The van der Waals surface area contributed by atoms with Gasteiger partial charge in [0.05, 0.1) is 12.3 Å². The number of nitrogens with one attached hydrogen (secondary N) is 1. The highest BCUT2D eigenvalue weighted by Crippen LogP contribution is 2.30. The first-order valence-corrected chi connectivity index (χ1v) is 11.1. The summed E-state index contributed by atoms with van der Waals surface area (Å²) in [6.07, 6.45) is 9.94. The molecule has 2 aromatic carbocycles. The smallest absolute Gasteiger partial charge is 0.227 e. The molecule has 5 nitrogen and oxygen atoms in total. The summed E-state index contributed by atoms with van der Waals surface area (Å²) >= 11 is 0. The fraction of sp³-hybridized carbons (Fsp3) is 0.308. The second-order valence-corrected chi connectivity index (χ2v) is 8.36. The van der Waals surface area contributed by atoms with Crippen molar-refractivity contribution >= 4 is 11.6 Å². The number of anilines is 2. The molecule has 0 saturated heterocycles. The summed E-state index contributed by atoms with van der Waals surface area (Å²) in [5, 5.41) is 3.38. The van der Waals surface area contributed by atoms with Crippen LogP contribution >= 0.6 is 0 Å². The summed E-state index contributed by atoms with van der Waals surface area (Å²) < 4.78 is 5.97. The topological polar surface area (TPSA) is 50.3 Å². The van der Waals surface area contributed by atoms with Crippen LogP contribution < -0.4 is 10.1 Å². The standard InChI is InChI=1S/C26H28N4O/c1-2-14-30(18-20-10-11-20)19-21-6-4-8-23(16-21)28-26-27-13-12-25(29-26)22-7-5-9-24(17-22)31-15-3-1/h1-2,4-9,12-13,16-17,20H,3,10-11,14-15,18-19H2,(H,27,28,29)/b2-1+. The van der Waals surface area contributed by atoms with Crippen LogP contribution in [0.1, 0.15) is 24.8 Å². The van der Waals surface area contributed by atoms with Gasteiger partial charge in [-0.05, 0) is 61.1 Å². The lowest BCUT2D eigenvalue weighted by molar-refractivity contribution is 0.281. The number of hydrogen-bond donors (Lipinski definition) is 1. The zero-order chi connectivity index (χ0) is 20.9. The Morgan fingerprint density at radius 2 is 1.97 bits per heavy atom. The molecular formula is C26H28N4O. The maximum Gasteiger partial charge on any atom is 0.227 e. The average Bonchev–Trinajstić information content (AvgIpc) is 3.60. The van der Waals surface area contributed by atoms with E-state index in [1.165, 1.54) is 18.4 Å². The van der Waals surface area contributed by atoms with E-state index in [4.69, 9.17) is 9.72 Å². The summed E-state index contributed by atoms with van der Waals surface area (Å²) in [6.45, 7) is 3.74. The van der Waals surface area contributed by atoms with Crippen LogP contribution in [0.3, 0.4) is 0 Å². The van der Waals surface area contributed by atoms with Gasteiger partial charge in [-0.2, -0.15) is 0 Å². The highest BCUT2D eigenvalue weighted by molar-refractivity contribution is 5.63. The molecule has 1 fully saturated rings. The molecule has 1 N–H and O–H groups in total. The lowest BCUT2D eigenvalue weighted by atomic mass is 10.1. The van der Waals surface area contributed by atoms with Crippen molar-refractivity contribution < 1.29 is 4.74 Å². The van der Waals surface area contributed by atoms with E-state index in [1.54, 1.807) is 6.20 Å². The minimum absolute atomic E-state index is 0.597. The zero-order valence-electron chi connectivity index (χ0n) is 17.7. The first-order valence-electron chi connectivity index (χ1n) is 11.1. The van der Waals surface area contributed by atoms with E-state index in [0.717, 1.165) is 54.7 Å². The third kappa shape index (κ3) is 5.50. The summed E-state index contributed by atoms with van der Waals surface area (Å²) in [7, 11) is 0. The molecule has 0 atom stereocenters. The lowest BCUT2D eigenvalue weighted by Gasteiger charge is -2.21. The summed E-state index contributed by atoms with van der Waals surface area (Å²) in [5.74, 6) is 2.32. The molecule has 5 rings (SSSR count). The van der Waals surface area contributed by atoms with Crippen molar-refractivity contribution in [1.29, 1.82) is 0 Å². The molecular weight excluding hydrogens is 384 g/mol. The van der Waals surface area contributed by atoms with Crippen molar-refractivity contribution in [3.05, 3.63) is 78.5 Å². The van der Waals surface area contributed by atoms with Crippen molar-refractivity contribution in [2.45, 2.75) is 25.8 Å². The molecule has 158 valence electrons. The number of nitrogens with zero attached hydrogens (tertiary/aromatic N) is 3. The largest absolute Gasteiger partial charge is 0.493 e. The molecule has 0 unspecified atom stereocenters. The van der Waals surface area contributed by atoms with Crippen LogP contribution in [0, 0.1) is 5.92 Å². The predicted molar refractivity (Wildman–Crippen MR) is 124 cm³/mol. The summed E-state index contributed by atoms with van der Waals surface area (Å²) in [5.41, 5.74) is 4.20. The third-order valence-corrected chi connectivity index (χ3v) is 5.67. The molecule has 5 heteroatoms. The number of aromatic nitrogens is 2. The van der Waals surface area contributed by atoms with Crippen molar-refractivity contribution in [1.82, 2.24) is 14.9 Å². The molecule has 1 aliphatic heterocycles. The van der Waals surface area contributed by atoms with Crippen molar-refractivity contribution in [3.63, 3.8) is 0 Å². The number of fused-ring (bicyclic) bond motifs is 7. The van der Waals surface area contributed by atoms with Crippen molar-refractivity contribution in [2.24, 2.45) is 5.92 Å². The van der Waals surface area contributed by atoms with E-state index >= 15 is 0 Å². The number of ether oxygens (including phenoxy) is 1. The summed E-state index contributed by atoms with van der Waals surface area (Å²) in [6, 6.07) is 18.6. The molecule has 6 bridgehead atoms. The van der Waals surface area contributed by atoms with Gasteiger partial charge in [-0.25, -0.2) is 9.97 Å². The molecule has 0 radical (unpaired) electrons.